The van der Waals surface area contributed by atoms with Crippen molar-refractivity contribution in [2.24, 2.45) is 0 Å². The van der Waals surface area contributed by atoms with E-state index in [1.54, 1.807) is 13.8 Å². The lowest BCUT2D eigenvalue weighted by Crippen LogP contribution is -2.28. The molecule has 1 amide bonds. The molecule has 1 N–H and O–H groups in total. The lowest BCUT2D eigenvalue weighted by atomic mass is 10.1. The van der Waals surface area contributed by atoms with Crippen LogP contribution in [-0.2, 0) is 11.3 Å². The van der Waals surface area contributed by atoms with Crippen LogP contribution in [0.1, 0.15) is 43.1 Å². The van der Waals surface area contributed by atoms with Gasteiger partial charge in [0.15, 0.2) is 5.65 Å². The fraction of sp³-hybridized carbons (Fsp3) is 0.533. The molecule has 0 saturated heterocycles. The second-order valence-electron chi connectivity index (χ2n) is 5.30. The number of carbonyl (C=O) groups excluding carboxylic acids is 1. The van der Waals surface area contributed by atoms with Gasteiger partial charge in [-0.25, -0.2) is 18.4 Å². The van der Waals surface area contributed by atoms with Gasteiger partial charge in [0.25, 0.3) is 6.43 Å². The molecule has 120 valence electrons. The number of carbonyl (C=O) groups is 1. The van der Waals surface area contributed by atoms with Crippen LogP contribution in [0.25, 0.3) is 11.0 Å². The number of alkyl halides is 2. The van der Waals surface area contributed by atoms with Gasteiger partial charge in [-0.1, -0.05) is 13.3 Å². The zero-order valence-corrected chi connectivity index (χ0v) is 13.0. The van der Waals surface area contributed by atoms with Crippen LogP contribution < -0.4 is 5.32 Å². The molecular weight excluding hydrogens is 290 g/mol. The van der Waals surface area contributed by atoms with Crippen molar-refractivity contribution >= 4 is 16.9 Å². The molecule has 0 aliphatic carbocycles. The summed E-state index contributed by atoms with van der Waals surface area (Å²) in [7, 11) is 0. The highest BCUT2D eigenvalue weighted by atomic mass is 19.3. The summed E-state index contributed by atoms with van der Waals surface area (Å²) in [4.78, 5) is 16.2. The molecule has 0 unspecified atom stereocenters. The molecule has 0 atom stereocenters. The zero-order valence-electron chi connectivity index (χ0n) is 13.0. The van der Waals surface area contributed by atoms with Gasteiger partial charge in [0.1, 0.15) is 6.54 Å². The number of fused-ring (bicyclic) bond motifs is 1. The van der Waals surface area contributed by atoms with Crippen molar-refractivity contribution in [3.05, 3.63) is 23.0 Å². The number of hydrogen-bond acceptors (Lipinski definition) is 3. The summed E-state index contributed by atoms with van der Waals surface area (Å²) in [5.74, 6) is -0.195. The Balaban J connectivity index is 2.34. The predicted octanol–water partition coefficient (Wildman–Crippen LogP) is 2.90. The van der Waals surface area contributed by atoms with Crippen molar-refractivity contribution in [2.45, 2.75) is 46.6 Å². The Labute approximate surface area is 127 Å². The SMILES string of the molecule is CCCCNC(=O)Cn1nc(C)c2c(C(F)F)cc(C)nc21. The molecule has 2 heterocycles. The number of pyridine rings is 1. The van der Waals surface area contributed by atoms with E-state index in [0.717, 1.165) is 12.8 Å². The molecule has 2 rings (SSSR count). The first-order chi connectivity index (χ1) is 10.4. The molecule has 0 aliphatic heterocycles. The molecule has 7 heteroatoms. The van der Waals surface area contributed by atoms with E-state index >= 15 is 0 Å². The lowest BCUT2D eigenvalue weighted by molar-refractivity contribution is -0.121. The van der Waals surface area contributed by atoms with Crippen molar-refractivity contribution in [3.63, 3.8) is 0 Å². The molecule has 2 aromatic rings. The zero-order chi connectivity index (χ0) is 16.3. The number of unbranched alkanes of at least 4 members (excludes halogenated alkanes) is 1. The Morgan fingerprint density at radius 2 is 2.14 bits per heavy atom. The minimum absolute atomic E-state index is 0.0206. The van der Waals surface area contributed by atoms with E-state index in [1.165, 1.54) is 10.7 Å². The first-order valence-electron chi connectivity index (χ1n) is 7.33. The summed E-state index contributed by atoms with van der Waals surface area (Å²) < 4.78 is 27.8. The second-order valence-corrected chi connectivity index (χ2v) is 5.30. The van der Waals surface area contributed by atoms with Crippen molar-refractivity contribution in [2.75, 3.05) is 6.54 Å². The Hall–Kier alpha value is -2.05. The number of nitrogens with one attached hydrogen (secondary N) is 1. The molecule has 0 bridgehead atoms. The largest absolute Gasteiger partial charge is 0.354 e. The molecule has 0 fully saturated rings. The Bertz CT molecular complexity index is 682. The molecule has 0 aliphatic rings. The Morgan fingerprint density at radius 3 is 2.77 bits per heavy atom. The van der Waals surface area contributed by atoms with E-state index in [4.69, 9.17) is 0 Å². The van der Waals surface area contributed by atoms with Crippen LogP contribution in [0.4, 0.5) is 8.78 Å². The topological polar surface area (TPSA) is 59.8 Å². The van der Waals surface area contributed by atoms with Gasteiger partial charge in [-0.15, -0.1) is 0 Å². The highest BCUT2D eigenvalue weighted by molar-refractivity contribution is 5.84. The number of aromatic nitrogens is 3. The molecule has 5 nitrogen and oxygen atoms in total. The standard InChI is InChI=1S/C15H20F2N4O/c1-4-5-6-18-12(22)8-21-15-13(10(3)20-21)11(14(16)17)7-9(2)19-15/h7,14H,4-6,8H2,1-3H3,(H,18,22). The minimum Gasteiger partial charge on any atom is -0.354 e. The third-order valence-corrected chi connectivity index (χ3v) is 3.42. The minimum atomic E-state index is -2.60. The molecule has 22 heavy (non-hydrogen) atoms. The highest BCUT2D eigenvalue weighted by Crippen LogP contribution is 2.29. The predicted molar refractivity (Wildman–Crippen MR) is 79.9 cm³/mol. The third kappa shape index (κ3) is 3.40. The van der Waals surface area contributed by atoms with Gasteiger partial charge in [-0.2, -0.15) is 5.10 Å². The molecule has 0 radical (unpaired) electrons. The van der Waals surface area contributed by atoms with E-state index in [0.29, 0.717) is 29.0 Å². The van der Waals surface area contributed by atoms with E-state index in [9.17, 15) is 13.6 Å². The van der Waals surface area contributed by atoms with Crippen LogP contribution in [-0.4, -0.2) is 27.2 Å². The van der Waals surface area contributed by atoms with Crippen LogP contribution in [0.5, 0.6) is 0 Å². The van der Waals surface area contributed by atoms with Crippen molar-refractivity contribution < 1.29 is 13.6 Å². The summed E-state index contributed by atoms with van der Waals surface area (Å²) >= 11 is 0. The highest BCUT2D eigenvalue weighted by Gasteiger charge is 2.20. The van der Waals surface area contributed by atoms with Crippen LogP contribution in [0.2, 0.25) is 0 Å². The summed E-state index contributed by atoms with van der Waals surface area (Å²) in [6.07, 6.45) is -0.709. The van der Waals surface area contributed by atoms with Crippen LogP contribution in [0.3, 0.4) is 0 Å². The monoisotopic (exact) mass is 310 g/mol. The van der Waals surface area contributed by atoms with Crippen molar-refractivity contribution in [1.82, 2.24) is 20.1 Å². The van der Waals surface area contributed by atoms with Gasteiger partial charge in [0.05, 0.1) is 11.1 Å². The first-order valence-corrected chi connectivity index (χ1v) is 7.33. The van der Waals surface area contributed by atoms with E-state index in [2.05, 4.69) is 15.4 Å². The van der Waals surface area contributed by atoms with Gasteiger partial charge in [-0.3, -0.25) is 4.79 Å². The van der Waals surface area contributed by atoms with E-state index in [1.807, 2.05) is 6.92 Å². The van der Waals surface area contributed by atoms with E-state index < -0.39 is 6.43 Å². The fourth-order valence-electron chi connectivity index (χ4n) is 2.40. The molecule has 0 saturated carbocycles. The fourth-order valence-corrected chi connectivity index (χ4v) is 2.40. The number of rotatable bonds is 6. The Kier molecular flexibility index (Phi) is 5.05. The number of amides is 1. The van der Waals surface area contributed by atoms with Crippen LogP contribution in [0.15, 0.2) is 6.07 Å². The van der Waals surface area contributed by atoms with E-state index in [-0.39, 0.29) is 18.0 Å². The number of nitrogens with zero attached hydrogens (tertiary/aromatic N) is 3. The summed E-state index contributed by atoms with van der Waals surface area (Å²) in [5, 5.41) is 7.32. The van der Waals surface area contributed by atoms with Crippen molar-refractivity contribution in [1.29, 1.82) is 0 Å². The number of hydrogen-bond donors (Lipinski definition) is 1. The van der Waals surface area contributed by atoms with Gasteiger partial charge >= 0.3 is 0 Å². The average molecular weight is 310 g/mol. The molecule has 0 spiro atoms. The van der Waals surface area contributed by atoms with Crippen LogP contribution in [0, 0.1) is 13.8 Å². The maximum atomic E-state index is 13.2. The smallest absolute Gasteiger partial charge is 0.264 e. The molecular formula is C15H20F2N4O. The lowest BCUT2D eigenvalue weighted by Gasteiger charge is -2.07. The third-order valence-electron chi connectivity index (χ3n) is 3.42. The van der Waals surface area contributed by atoms with Gasteiger partial charge in [0.2, 0.25) is 5.91 Å². The number of halogens is 2. The van der Waals surface area contributed by atoms with Gasteiger partial charge in [-0.05, 0) is 26.3 Å². The van der Waals surface area contributed by atoms with Gasteiger partial charge in [0, 0.05) is 17.8 Å². The van der Waals surface area contributed by atoms with Crippen molar-refractivity contribution in [3.8, 4) is 0 Å². The molecule has 0 aromatic carbocycles. The second kappa shape index (κ2) is 6.81. The van der Waals surface area contributed by atoms with Gasteiger partial charge < -0.3 is 5.32 Å². The van der Waals surface area contributed by atoms with Crippen LogP contribution >= 0.6 is 0 Å². The normalized spacial score (nSPS) is 11.4. The Morgan fingerprint density at radius 1 is 1.41 bits per heavy atom. The average Bonchev–Trinajstić information content (AvgIpc) is 2.74. The summed E-state index contributed by atoms with van der Waals surface area (Å²) in [5.41, 5.74) is 1.19. The first kappa shape index (κ1) is 16.3. The maximum absolute atomic E-state index is 13.2. The quantitative estimate of drug-likeness (QED) is 0.835. The summed E-state index contributed by atoms with van der Waals surface area (Å²) in [6, 6.07) is 1.37. The molecule has 2 aromatic heterocycles. The number of aryl methyl sites for hydroxylation is 2. The summed E-state index contributed by atoms with van der Waals surface area (Å²) in [6.45, 7) is 5.92. The maximum Gasteiger partial charge on any atom is 0.264 e.